The highest BCUT2D eigenvalue weighted by Gasteiger charge is 2.16. The van der Waals surface area contributed by atoms with Gasteiger partial charge >= 0.3 is 0 Å². The Hall–Kier alpha value is -2.99. The fraction of sp³-hybridized carbons (Fsp3) is 0.158. The van der Waals surface area contributed by atoms with Crippen molar-refractivity contribution in [1.82, 2.24) is 14.7 Å². The number of hydrogen-bond donors (Lipinski definition) is 1. The van der Waals surface area contributed by atoms with Crippen LogP contribution in [0.5, 0.6) is 11.5 Å². The number of nitrogens with one attached hydrogen (secondary N) is 1. The zero-order valence-corrected chi connectivity index (χ0v) is 14.7. The van der Waals surface area contributed by atoms with Gasteiger partial charge in [0.2, 0.25) is 12.7 Å². The van der Waals surface area contributed by atoms with Crippen molar-refractivity contribution >= 4 is 29.2 Å². The minimum atomic E-state index is -0.225. The summed E-state index contributed by atoms with van der Waals surface area (Å²) in [6.45, 7) is 2.13. The number of carbonyl (C=O) groups excluding carboxylic acids is 1. The number of rotatable bonds is 4. The number of aromatic nitrogens is 2. The lowest BCUT2D eigenvalue weighted by atomic mass is 10.1. The second kappa shape index (κ2) is 6.72. The van der Waals surface area contributed by atoms with Gasteiger partial charge in [-0.2, -0.15) is 0 Å². The van der Waals surface area contributed by atoms with Gasteiger partial charge in [-0.25, -0.2) is 4.98 Å². The lowest BCUT2D eigenvalue weighted by Crippen LogP contribution is -2.24. The molecule has 1 aliphatic heterocycles. The number of ether oxygens (including phenoxy) is 2. The van der Waals surface area contributed by atoms with Crippen molar-refractivity contribution < 1.29 is 14.3 Å². The summed E-state index contributed by atoms with van der Waals surface area (Å²) in [5, 5.41) is 3.27. The van der Waals surface area contributed by atoms with Crippen LogP contribution in [0.15, 0.2) is 48.7 Å². The van der Waals surface area contributed by atoms with Crippen LogP contribution >= 0.6 is 11.6 Å². The molecule has 4 rings (SSSR count). The Labute approximate surface area is 155 Å². The standard InChI is InChI=1S/C19H16ClN3O3/c1-12(13-5-7-15-16(10-13)26-11-25-15)21-18(24)8-6-14-19(20)22-17-4-2-3-9-23(14)17/h2-10,12H,11H2,1H3,(H,21,24)/b8-6+. The van der Waals surface area contributed by atoms with Gasteiger partial charge in [-0.15, -0.1) is 0 Å². The first-order valence-electron chi connectivity index (χ1n) is 8.12. The molecule has 26 heavy (non-hydrogen) atoms. The van der Waals surface area contributed by atoms with Crippen molar-refractivity contribution in [2.75, 3.05) is 6.79 Å². The number of carbonyl (C=O) groups is 1. The van der Waals surface area contributed by atoms with Gasteiger partial charge in [0, 0.05) is 12.3 Å². The van der Waals surface area contributed by atoms with Gasteiger partial charge in [-0.1, -0.05) is 23.7 Å². The van der Waals surface area contributed by atoms with Gasteiger partial charge in [-0.05, 0) is 42.8 Å². The number of nitrogens with zero attached hydrogens (tertiary/aromatic N) is 2. The summed E-state index contributed by atoms with van der Waals surface area (Å²) in [5.41, 5.74) is 2.32. The molecule has 0 fully saturated rings. The summed E-state index contributed by atoms with van der Waals surface area (Å²) in [6, 6.07) is 11.1. The largest absolute Gasteiger partial charge is 0.454 e. The van der Waals surface area contributed by atoms with Crippen LogP contribution in [-0.4, -0.2) is 22.1 Å². The molecule has 2 aromatic heterocycles. The van der Waals surface area contributed by atoms with E-state index in [4.69, 9.17) is 21.1 Å². The molecule has 7 heteroatoms. The van der Waals surface area contributed by atoms with Gasteiger partial charge in [0.25, 0.3) is 0 Å². The molecule has 1 amide bonds. The normalized spacial score (nSPS) is 14.1. The number of pyridine rings is 1. The minimum Gasteiger partial charge on any atom is -0.454 e. The molecule has 0 spiro atoms. The number of imidazole rings is 1. The molecule has 1 unspecified atom stereocenters. The van der Waals surface area contributed by atoms with Crippen molar-refractivity contribution in [3.05, 3.63) is 65.1 Å². The number of halogens is 1. The first kappa shape index (κ1) is 16.5. The molecule has 1 N–H and O–H groups in total. The van der Waals surface area contributed by atoms with Gasteiger partial charge in [0.15, 0.2) is 16.7 Å². The molecule has 0 bridgehead atoms. The highest BCUT2D eigenvalue weighted by molar-refractivity contribution is 6.31. The van der Waals surface area contributed by atoms with E-state index in [1.165, 1.54) is 6.08 Å². The minimum absolute atomic E-state index is 0.181. The molecule has 0 radical (unpaired) electrons. The smallest absolute Gasteiger partial charge is 0.244 e. The van der Waals surface area contributed by atoms with E-state index in [1.807, 2.05) is 53.9 Å². The predicted molar refractivity (Wildman–Crippen MR) is 98.4 cm³/mol. The number of amides is 1. The zero-order valence-electron chi connectivity index (χ0n) is 14.0. The predicted octanol–water partition coefficient (Wildman–Crippen LogP) is 3.61. The third-order valence-electron chi connectivity index (χ3n) is 4.17. The summed E-state index contributed by atoms with van der Waals surface area (Å²) >= 11 is 6.17. The Morgan fingerprint density at radius 2 is 2.15 bits per heavy atom. The van der Waals surface area contributed by atoms with E-state index in [2.05, 4.69) is 10.3 Å². The van der Waals surface area contributed by atoms with Crippen LogP contribution in [0.25, 0.3) is 11.7 Å². The number of fused-ring (bicyclic) bond motifs is 2. The Kier molecular flexibility index (Phi) is 4.26. The molecule has 1 aliphatic rings. The molecule has 1 aromatic carbocycles. The molecular formula is C19H16ClN3O3. The van der Waals surface area contributed by atoms with Crippen molar-refractivity contribution in [3.8, 4) is 11.5 Å². The SMILES string of the molecule is CC(NC(=O)/C=C/c1c(Cl)nc2ccccn12)c1ccc2c(c1)OCO2. The summed E-state index contributed by atoms with van der Waals surface area (Å²) in [5.74, 6) is 1.18. The lowest BCUT2D eigenvalue weighted by molar-refractivity contribution is -0.117. The Bertz CT molecular complexity index is 1010. The summed E-state index contributed by atoms with van der Waals surface area (Å²) < 4.78 is 12.5. The van der Waals surface area contributed by atoms with Crippen molar-refractivity contribution in [1.29, 1.82) is 0 Å². The maximum atomic E-state index is 12.3. The first-order valence-corrected chi connectivity index (χ1v) is 8.50. The van der Waals surface area contributed by atoms with Crippen LogP contribution < -0.4 is 14.8 Å². The van der Waals surface area contributed by atoms with E-state index < -0.39 is 0 Å². The third-order valence-corrected chi connectivity index (χ3v) is 4.45. The fourth-order valence-corrected chi connectivity index (χ4v) is 3.06. The Morgan fingerprint density at radius 3 is 3.04 bits per heavy atom. The maximum absolute atomic E-state index is 12.3. The molecule has 6 nitrogen and oxygen atoms in total. The van der Waals surface area contributed by atoms with Crippen LogP contribution in [0.4, 0.5) is 0 Å². The van der Waals surface area contributed by atoms with E-state index in [1.54, 1.807) is 6.08 Å². The first-order chi connectivity index (χ1) is 12.6. The van der Waals surface area contributed by atoms with Crippen LogP contribution in [0.1, 0.15) is 24.2 Å². The topological polar surface area (TPSA) is 64.9 Å². The molecule has 3 heterocycles. The monoisotopic (exact) mass is 369 g/mol. The van der Waals surface area contributed by atoms with E-state index in [9.17, 15) is 4.79 Å². The maximum Gasteiger partial charge on any atom is 0.244 e. The lowest BCUT2D eigenvalue weighted by Gasteiger charge is -2.13. The van der Waals surface area contributed by atoms with E-state index in [-0.39, 0.29) is 18.7 Å². The van der Waals surface area contributed by atoms with Crippen molar-refractivity contribution in [3.63, 3.8) is 0 Å². The summed E-state index contributed by atoms with van der Waals surface area (Å²) in [4.78, 5) is 16.5. The van der Waals surface area contributed by atoms with Crippen LogP contribution in [0, 0.1) is 0 Å². The van der Waals surface area contributed by atoms with Gasteiger partial charge in [0.05, 0.1) is 11.7 Å². The molecule has 0 saturated heterocycles. The van der Waals surface area contributed by atoms with E-state index in [0.29, 0.717) is 16.6 Å². The second-order valence-electron chi connectivity index (χ2n) is 5.89. The molecule has 132 valence electrons. The average Bonchev–Trinajstić information content (AvgIpc) is 3.22. The van der Waals surface area contributed by atoms with Crippen LogP contribution in [0.2, 0.25) is 5.15 Å². The molecule has 0 saturated carbocycles. The van der Waals surface area contributed by atoms with Crippen LogP contribution in [0.3, 0.4) is 0 Å². The summed E-state index contributed by atoms with van der Waals surface area (Å²) in [7, 11) is 0. The fourth-order valence-electron chi connectivity index (χ4n) is 2.82. The van der Waals surface area contributed by atoms with Crippen LogP contribution in [-0.2, 0) is 4.79 Å². The van der Waals surface area contributed by atoms with E-state index in [0.717, 1.165) is 17.0 Å². The van der Waals surface area contributed by atoms with Gasteiger partial charge < -0.3 is 14.8 Å². The van der Waals surface area contributed by atoms with Crippen molar-refractivity contribution in [2.24, 2.45) is 0 Å². The highest BCUT2D eigenvalue weighted by atomic mass is 35.5. The third kappa shape index (κ3) is 3.11. The Morgan fingerprint density at radius 1 is 1.31 bits per heavy atom. The van der Waals surface area contributed by atoms with Gasteiger partial charge in [-0.3, -0.25) is 9.20 Å². The van der Waals surface area contributed by atoms with E-state index >= 15 is 0 Å². The Balaban J connectivity index is 1.48. The number of benzene rings is 1. The molecule has 1 atom stereocenters. The second-order valence-corrected chi connectivity index (χ2v) is 6.25. The molecule has 0 aliphatic carbocycles. The summed E-state index contributed by atoms with van der Waals surface area (Å²) in [6.07, 6.45) is 4.96. The highest BCUT2D eigenvalue weighted by Crippen LogP contribution is 2.34. The van der Waals surface area contributed by atoms with Gasteiger partial charge in [0.1, 0.15) is 5.65 Å². The average molecular weight is 370 g/mol. The zero-order chi connectivity index (χ0) is 18.1. The molecule has 3 aromatic rings. The number of hydrogen-bond acceptors (Lipinski definition) is 4. The molecular weight excluding hydrogens is 354 g/mol. The quantitative estimate of drug-likeness (QED) is 0.713. The van der Waals surface area contributed by atoms with Crippen molar-refractivity contribution in [2.45, 2.75) is 13.0 Å².